The first-order chi connectivity index (χ1) is 7.68. The summed E-state index contributed by atoms with van der Waals surface area (Å²) in [6.07, 6.45) is 3.28. The molecule has 0 saturated heterocycles. The Hall–Kier alpha value is -2.11. The minimum absolute atomic E-state index is 0.00222. The van der Waals surface area contributed by atoms with Crippen molar-refractivity contribution in [2.24, 2.45) is 0 Å². The van der Waals surface area contributed by atoms with Crippen molar-refractivity contribution in [2.45, 2.75) is 18.8 Å². The Morgan fingerprint density at radius 3 is 2.94 bits per heavy atom. The Kier molecular flexibility index (Phi) is 1.68. The van der Waals surface area contributed by atoms with E-state index in [1.807, 2.05) is 0 Å². The van der Waals surface area contributed by atoms with Gasteiger partial charge in [-0.05, 0) is 12.8 Å². The smallest absolute Gasteiger partial charge is 0.339 e. The van der Waals surface area contributed by atoms with E-state index in [-0.39, 0.29) is 11.3 Å². The van der Waals surface area contributed by atoms with Crippen molar-refractivity contribution in [1.82, 2.24) is 10.1 Å². The predicted octanol–water partition coefficient (Wildman–Crippen LogP) is 1.38. The van der Waals surface area contributed by atoms with E-state index in [1.54, 1.807) is 0 Å². The second-order valence-electron chi connectivity index (χ2n) is 3.91. The number of nitrogen functional groups attached to an aromatic ring is 1. The summed E-state index contributed by atoms with van der Waals surface area (Å²) in [6.45, 7) is 0. The van der Waals surface area contributed by atoms with Gasteiger partial charge in [-0.15, -0.1) is 0 Å². The number of nitrogens with two attached hydrogens (primary N) is 1. The first-order valence-corrected chi connectivity index (χ1v) is 4.95. The average Bonchev–Trinajstić information content (AvgIpc) is 2.99. The molecule has 0 bridgehead atoms. The summed E-state index contributed by atoms with van der Waals surface area (Å²) in [5.41, 5.74) is 7.05. The van der Waals surface area contributed by atoms with Gasteiger partial charge in [-0.3, -0.25) is 0 Å². The van der Waals surface area contributed by atoms with Crippen molar-refractivity contribution in [3.63, 3.8) is 0 Å². The highest BCUT2D eigenvalue weighted by Gasteiger charge is 2.31. The van der Waals surface area contributed by atoms with Crippen LogP contribution in [0.25, 0.3) is 11.1 Å². The monoisotopic (exact) mass is 219 g/mol. The Balaban J connectivity index is 2.31. The lowest BCUT2D eigenvalue weighted by atomic mass is 10.1. The fourth-order valence-electron chi connectivity index (χ4n) is 1.77. The number of aromatic nitrogens is 2. The highest BCUT2D eigenvalue weighted by atomic mass is 16.5. The fraction of sp³-hybridized carbons (Fsp3) is 0.300. The van der Waals surface area contributed by atoms with Gasteiger partial charge in [-0.25, -0.2) is 9.78 Å². The molecule has 2 heterocycles. The van der Waals surface area contributed by atoms with E-state index in [4.69, 9.17) is 15.4 Å². The van der Waals surface area contributed by atoms with Crippen molar-refractivity contribution < 1.29 is 14.4 Å². The van der Waals surface area contributed by atoms with E-state index < -0.39 is 5.97 Å². The number of hydrogen-bond donors (Lipinski definition) is 2. The molecule has 1 saturated carbocycles. The molecule has 0 aliphatic heterocycles. The quantitative estimate of drug-likeness (QED) is 0.790. The van der Waals surface area contributed by atoms with Crippen LogP contribution in [0, 0.1) is 0 Å². The topological polar surface area (TPSA) is 102 Å². The normalized spacial score (nSPS) is 15.5. The molecule has 0 amide bonds. The van der Waals surface area contributed by atoms with Gasteiger partial charge in [0.25, 0.3) is 5.71 Å². The van der Waals surface area contributed by atoms with Gasteiger partial charge in [-0.2, -0.15) is 0 Å². The number of aromatic carboxylic acids is 1. The van der Waals surface area contributed by atoms with Crippen molar-refractivity contribution in [1.29, 1.82) is 0 Å². The molecular formula is C10H9N3O3. The highest BCUT2D eigenvalue weighted by molar-refractivity contribution is 6.03. The molecule has 16 heavy (non-hydrogen) atoms. The van der Waals surface area contributed by atoms with E-state index in [0.29, 0.717) is 17.0 Å². The van der Waals surface area contributed by atoms with Gasteiger partial charge in [0.05, 0.1) is 16.8 Å². The third-order valence-corrected chi connectivity index (χ3v) is 2.77. The van der Waals surface area contributed by atoms with Crippen molar-refractivity contribution in [3.05, 3.63) is 17.5 Å². The molecule has 6 heteroatoms. The molecule has 1 aliphatic carbocycles. The number of fused-ring (bicyclic) bond motifs is 1. The summed E-state index contributed by atoms with van der Waals surface area (Å²) in [5.74, 6) is -0.746. The fourth-order valence-corrected chi connectivity index (χ4v) is 1.77. The second kappa shape index (κ2) is 2.94. The van der Waals surface area contributed by atoms with Crippen LogP contribution in [0.5, 0.6) is 0 Å². The van der Waals surface area contributed by atoms with Crippen LogP contribution < -0.4 is 5.73 Å². The van der Waals surface area contributed by atoms with E-state index in [9.17, 15) is 4.79 Å². The van der Waals surface area contributed by atoms with Crippen LogP contribution in [0.1, 0.15) is 34.8 Å². The summed E-state index contributed by atoms with van der Waals surface area (Å²) < 4.78 is 5.03. The number of hydrogen-bond acceptors (Lipinski definition) is 5. The largest absolute Gasteiger partial charge is 0.478 e. The second-order valence-corrected chi connectivity index (χ2v) is 3.91. The van der Waals surface area contributed by atoms with Crippen LogP contribution in [0.3, 0.4) is 0 Å². The molecule has 0 atom stereocenters. The number of carboxylic acids is 1. The summed E-state index contributed by atoms with van der Waals surface area (Å²) >= 11 is 0. The third-order valence-electron chi connectivity index (χ3n) is 2.77. The Morgan fingerprint density at radius 2 is 2.31 bits per heavy atom. The predicted molar refractivity (Wildman–Crippen MR) is 55.2 cm³/mol. The number of rotatable bonds is 2. The van der Waals surface area contributed by atoms with Crippen LogP contribution >= 0.6 is 0 Å². The Labute approximate surface area is 90.0 Å². The number of carboxylic acid groups (broad SMARTS) is 1. The molecule has 0 radical (unpaired) electrons. The van der Waals surface area contributed by atoms with Gasteiger partial charge in [0.1, 0.15) is 5.56 Å². The van der Waals surface area contributed by atoms with Crippen LogP contribution in [0.15, 0.2) is 10.7 Å². The lowest BCUT2D eigenvalue weighted by molar-refractivity contribution is 0.0698. The number of pyridine rings is 1. The van der Waals surface area contributed by atoms with Crippen molar-refractivity contribution >= 4 is 22.8 Å². The number of anilines is 1. The van der Waals surface area contributed by atoms with E-state index in [1.165, 1.54) is 6.20 Å². The lowest BCUT2D eigenvalue weighted by Crippen LogP contribution is -2.04. The van der Waals surface area contributed by atoms with Gasteiger partial charge in [0.2, 0.25) is 0 Å². The zero-order chi connectivity index (χ0) is 11.3. The third kappa shape index (κ3) is 1.16. The minimum Gasteiger partial charge on any atom is -0.478 e. The molecule has 3 N–H and O–H groups in total. The first kappa shape index (κ1) is 9.14. The maximum absolute atomic E-state index is 10.9. The maximum atomic E-state index is 10.9. The number of carbonyl (C=O) groups is 1. The highest BCUT2D eigenvalue weighted by Crippen LogP contribution is 2.43. The van der Waals surface area contributed by atoms with Crippen LogP contribution in [0.4, 0.5) is 5.69 Å². The molecule has 1 aliphatic rings. The molecule has 0 spiro atoms. The van der Waals surface area contributed by atoms with Gasteiger partial charge in [0, 0.05) is 12.1 Å². The summed E-state index contributed by atoms with van der Waals surface area (Å²) in [5, 5.41) is 13.4. The molecule has 3 rings (SSSR count). The van der Waals surface area contributed by atoms with E-state index in [0.717, 1.165) is 18.5 Å². The lowest BCUT2D eigenvalue weighted by Gasteiger charge is -2.00. The molecule has 6 nitrogen and oxygen atoms in total. The zero-order valence-corrected chi connectivity index (χ0v) is 8.30. The standard InChI is InChI=1S/C10H9N3O3/c11-7-5(10(14)15)3-12-9-6(7)8(13-16-9)4-1-2-4/h3-4H,1-2H2,(H2,11,12)(H,14,15). The zero-order valence-electron chi connectivity index (χ0n) is 8.30. The van der Waals surface area contributed by atoms with Crippen LogP contribution in [-0.2, 0) is 0 Å². The molecule has 0 aromatic carbocycles. The van der Waals surface area contributed by atoms with Gasteiger partial charge in [-0.1, -0.05) is 5.16 Å². The van der Waals surface area contributed by atoms with E-state index >= 15 is 0 Å². The van der Waals surface area contributed by atoms with Gasteiger partial charge >= 0.3 is 5.97 Å². The Morgan fingerprint density at radius 1 is 1.56 bits per heavy atom. The van der Waals surface area contributed by atoms with Gasteiger partial charge < -0.3 is 15.4 Å². The average molecular weight is 219 g/mol. The minimum atomic E-state index is -1.09. The van der Waals surface area contributed by atoms with Crippen LogP contribution in [0.2, 0.25) is 0 Å². The molecule has 82 valence electrons. The van der Waals surface area contributed by atoms with Crippen molar-refractivity contribution in [2.75, 3.05) is 5.73 Å². The first-order valence-electron chi connectivity index (χ1n) is 4.95. The van der Waals surface area contributed by atoms with Crippen molar-refractivity contribution in [3.8, 4) is 0 Å². The number of nitrogens with zero attached hydrogens (tertiary/aromatic N) is 2. The van der Waals surface area contributed by atoms with Crippen LogP contribution in [-0.4, -0.2) is 21.2 Å². The SMILES string of the molecule is Nc1c(C(=O)O)cnc2onc(C3CC3)c12. The summed E-state index contributed by atoms with van der Waals surface area (Å²) in [7, 11) is 0. The summed E-state index contributed by atoms with van der Waals surface area (Å²) in [4.78, 5) is 14.8. The summed E-state index contributed by atoms with van der Waals surface area (Å²) in [6, 6.07) is 0. The van der Waals surface area contributed by atoms with Gasteiger partial charge in [0.15, 0.2) is 0 Å². The molecule has 1 fully saturated rings. The maximum Gasteiger partial charge on any atom is 0.339 e. The Bertz CT molecular complexity index is 586. The van der Waals surface area contributed by atoms with E-state index in [2.05, 4.69) is 10.1 Å². The molecule has 0 unspecified atom stereocenters. The molecular weight excluding hydrogens is 210 g/mol. The molecule has 2 aromatic rings. The molecule has 2 aromatic heterocycles.